The van der Waals surface area contributed by atoms with Crippen LogP contribution in [0.2, 0.25) is 0 Å². The molecule has 1 amide bonds. The second-order valence-corrected chi connectivity index (χ2v) is 7.63. The van der Waals surface area contributed by atoms with E-state index in [0.717, 1.165) is 6.07 Å². The summed E-state index contributed by atoms with van der Waals surface area (Å²) in [5, 5.41) is -0.468. The zero-order valence-electron chi connectivity index (χ0n) is 13.3. The first-order valence-electron chi connectivity index (χ1n) is 7.13. The van der Waals surface area contributed by atoms with Gasteiger partial charge >= 0.3 is 0 Å². The van der Waals surface area contributed by atoms with E-state index in [4.69, 9.17) is 0 Å². The van der Waals surface area contributed by atoms with Gasteiger partial charge in [-0.15, -0.1) is 0 Å². The zero-order valence-corrected chi connectivity index (χ0v) is 15.0. The molecule has 1 aromatic rings. The fraction of sp³-hybridized carbons (Fsp3) is 0.429. The van der Waals surface area contributed by atoms with E-state index in [1.54, 1.807) is 0 Å². The third-order valence-electron chi connectivity index (χ3n) is 3.34. The Labute approximate surface area is 155 Å². The first kappa shape index (κ1) is 21.7. The number of carbonyl (C=O) groups is 1. The molecule has 150 valence electrons. The molecule has 1 heterocycles. The topological polar surface area (TPSA) is 49.7 Å². The lowest BCUT2D eigenvalue weighted by Gasteiger charge is -2.20. The fourth-order valence-corrected chi connectivity index (χ4v) is 3.85. The maximum atomic E-state index is 13.9. The van der Waals surface area contributed by atoms with Gasteiger partial charge in [0.1, 0.15) is 5.82 Å². The van der Waals surface area contributed by atoms with Crippen LogP contribution in [0.25, 0.3) is 0 Å². The summed E-state index contributed by atoms with van der Waals surface area (Å²) in [6.07, 6.45) is -10.1. The molecule has 0 aromatic heterocycles. The predicted molar refractivity (Wildman–Crippen MR) is 85.7 cm³/mol. The Kier molecular flexibility index (Phi) is 6.89. The minimum Gasteiger partial charge on any atom is -0.273 e. The maximum absolute atomic E-state index is 13.9. The smallest absolute Gasteiger partial charge is 0.273 e. The molecule has 0 saturated carbocycles. The second kappa shape index (κ2) is 8.59. The van der Waals surface area contributed by atoms with Crippen LogP contribution >= 0.6 is 11.8 Å². The Balaban J connectivity index is 2.46. The summed E-state index contributed by atoms with van der Waals surface area (Å²) >= 11 is 0.627. The molecule has 27 heavy (non-hydrogen) atoms. The third kappa shape index (κ3) is 4.62. The van der Waals surface area contributed by atoms with Gasteiger partial charge in [-0.1, -0.05) is 11.8 Å². The van der Waals surface area contributed by atoms with Gasteiger partial charge in [0, 0.05) is 0 Å². The van der Waals surface area contributed by atoms with Crippen molar-refractivity contribution in [2.45, 2.75) is 36.5 Å². The van der Waals surface area contributed by atoms with E-state index in [9.17, 15) is 39.7 Å². The number of hydrogen-bond acceptors (Lipinski definition) is 4. The van der Waals surface area contributed by atoms with Gasteiger partial charge in [0.05, 0.1) is 27.1 Å². The largest absolute Gasteiger partial charge is 0.288 e. The summed E-state index contributed by atoms with van der Waals surface area (Å²) in [4.78, 5) is 14.6. The number of alkyl halides is 6. The fourth-order valence-electron chi connectivity index (χ4n) is 2.05. The molecular formula is C14H11F7N2O2S2. The van der Waals surface area contributed by atoms with Crippen molar-refractivity contribution >= 4 is 39.3 Å². The molecule has 1 aliphatic rings. The van der Waals surface area contributed by atoms with Crippen molar-refractivity contribution in [3.8, 4) is 0 Å². The maximum Gasteiger partial charge on any atom is 0.288 e. The van der Waals surface area contributed by atoms with Crippen molar-refractivity contribution in [2.75, 3.05) is 5.75 Å². The summed E-state index contributed by atoms with van der Waals surface area (Å²) in [6.45, 7) is 1.29. The number of benzene rings is 1. The van der Waals surface area contributed by atoms with Crippen LogP contribution in [0, 0.1) is 12.7 Å². The van der Waals surface area contributed by atoms with Gasteiger partial charge in [-0.2, -0.15) is 0 Å². The van der Waals surface area contributed by atoms with Gasteiger partial charge < -0.3 is 0 Å². The number of carbonyl (C=O) groups excluding carboxylic acids is 1. The van der Waals surface area contributed by atoms with Gasteiger partial charge in [-0.25, -0.2) is 35.7 Å². The van der Waals surface area contributed by atoms with Crippen molar-refractivity contribution < 1.29 is 39.7 Å². The first-order valence-corrected chi connectivity index (χ1v) is 9.33. The average molecular weight is 436 g/mol. The monoisotopic (exact) mass is 436 g/mol. The van der Waals surface area contributed by atoms with Crippen LogP contribution in [0.1, 0.15) is 5.56 Å². The second-order valence-electron chi connectivity index (χ2n) is 5.21. The van der Waals surface area contributed by atoms with Crippen LogP contribution in [-0.2, 0) is 15.6 Å². The molecule has 0 spiro atoms. The molecule has 1 fully saturated rings. The highest BCUT2D eigenvalue weighted by Gasteiger charge is 2.39. The number of amidine groups is 1. The molecule has 0 aliphatic carbocycles. The van der Waals surface area contributed by atoms with Crippen molar-refractivity contribution in [2.24, 2.45) is 4.99 Å². The Morgan fingerprint density at radius 3 is 2.33 bits per heavy atom. The van der Waals surface area contributed by atoms with Gasteiger partial charge in [0.15, 0.2) is 5.17 Å². The van der Waals surface area contributed by atoms with E-state index in [-0.39, 0.29) is 21.9 Å². The van der Waals surface area contributed by atoms with Gasteiger partial charge in [0.2, 0.25) is 17.7 Å². The van der Waals surface area contributed by atoms with Crippen LogP contribution in [0.5, 0.6) is 0 Å². The SMILES string of the molecule is Cc1cc(F)c([S@@](=O)C(F)C(F)F)cc1N=C1SCC(=O)N1C(F)C(F)F. The number of thioether (sulfide) groups is 1. The summed E-state index contributed by atoms with van der Waals surface area (Å²) in [7, 11) is -3.07. The van der Waals surface area contributed by atoms with Crippen molar-refractivity contribution in [1.29, 1.82) is 0 Å². The number of aryl methyl sites for hydroxylation is 1. The lowest BCUT2D eigenvalue weighted by atomic mass is 10.2. The van der Waals surface area contributed by atoms with Gasteiger partial charge in [-0.05, 0) is 24.6 Å². The molecule has 1 aliphatic heterocycles. The molecule has 1 saturated heterocycles. The summed E-state index contributed by atoms with van der Waals surface area (Å²) in [6, 6.07) is 1.43. The zero-order chi connectivity index (χ0) is 20.5. The highest BCUT2D eigenvalue weighted by molar-refractivity contribution is 8.15. The minimum absolute atomic E-state index is 0.0422. The predicted octanol–water partition coefficient (Wildman–Crippen LogP) is 3.93. The number of aliphatic imine (C=N–C) groups is 1. The number of nitrogens with zero attached hydrogens (tertiary/aromatic N) is 2. The highest BCUT2D eigenvalue weighted by atomic mass is 32.2. The van der Waals surface area contributed by atoms with Crippen molar-refractivity contribution in [3.63, 3.8) is 0 Å². The Bertz CT molecular complexity index is 791. The molecule has 0 N–H and O–H groups in total. The molecule has 1 aromatic carbocycles. The Morgan fingerprint density at radius 2 is 1.78 bits per heavy atom. The number of rotatable bonds is 6. The lowest BCUT2D eigenvalue weighted by Crippen LogP contribution is -2.41. The van der Waals surface area contributed by atoms with Gasteiger partial charge in [-0.3, -0.25) is 13.9 Å². The molecule has 0 radical (unpaired) electrons. The van der Waals surface area contributed by atoms with E-state index < -0.39 is 57.2 Å². The van der Waals surface area contributed by atoms with Crippen molar-refractivity contribution in [1.82, 2.24) is 4.90 Å². The van der Waals surface area contributed by atoms with Crippen LogP contribution in [0.15, 0.2) is 22.0 Å². The Hall–Kier alpha value is -1.63. The van der Waals surface area contributed by atoms with Crippen LogP contribution in [-0.4, -0.2) is 50.6 Å². The molecule has 13 heteroatoms. The molecule has 3 atom stereocenters. The van der Waals surface area contributed by atoms with E-state index in [0.29, 0.717) is 17.8 Å². The molecule has 4 nitrogen and oxygen atoms in total. The lowest BCUT2D eigenvalue weighted by molar-refractivity contribution is -0.132. The quantitative estimate of drug-likeness (QED) is 0.502. The number of amides is 1. The summed E-state index contributed by atoms with van der Waals surface area (Å²) in [5.41, 5.74) is -3.37. The first-order chi connectivity index (χ1) is 12.5. The molecule has 2 unspecified atom stereocenters. The number of halogens is 7. The molecule has 0 bridgehead atoms. The van der Waals surface area contributed by atoms with E-state index in [2.05, 4.69) is 4.99 Å². The van der Waals surface area contributed by atoms with Crippen LogP contribution in [0.3, 0.4) is 0 Å². The van der Waals surface area contributed by atoms with Crippen LogP contribution in [0.4, 0.5) is 36.4 Å². The number of hydrogen-bond donors (Lipinski definition) is 0. The highest BCUT2D eigenvalue weighted by Crippen LogP contribution is 2.32. The van der Waals surface area contributed by atoms with Gasteiger partial charge in [0.25, 0.3) is 12.9 Å². The average Bonchev–Trinajstić information content (AvgIpc) is 2.95. The Morgan fingerprint density at radius 1 is 1.15 bits per heavy atom. The molecular weight excluding hydrogens is 425 g/mol. The summed E-state index contributed by atoms with van der Waals surface area (Å²) in [5.74, 6) is -2.58. The normalized spacial score (nSPS) is 20.0. The third-order valence-corrected chi connectivity index (χ3v) is 5.64. The standard InChI is InChI=1S/C14H11F7N2O2S2/c1-5-2-6(15)8(27(25)13(21)11(18)19)3-7(5)22-14-23(9(24)4-26-14)12(20)10(16)17/h2-3,10-13H,4H2,1H3/t12?,13?,27-/m1/s1. The molecule has 2 rings (SSSR count). The minimum atomic E-state index is -3.63. The van der Waals surface area contributed by atoms with E-state index >= 15 is 0 Å². The van der Waals surface area contributed by atoms with Crippen molar-refractivity contribution in [3.05, 3.63) is 23.5 Å². The van der Waals surface area contributed by atoms with E-state index in [1.165, 1.54) is 6.92 Å². The van der Waals surface area contributed by atoms with E-state index in [1.807, 2.05) is 0 Å². The summed E-state index contributed by atoms with van der Waals surface area (Å²) < 4.78 is 103. The van der Waals surface area contributed by atoms with Crippen LogP contribution < -0.4 is 0 Å².